The van der Waals surface area contributed by atoms with E-state index in [-0.39, 0.29) is 10.7 Å². The van der Waals surface area contributed by atoms with Crippen LogP contribution in [0.15, 0.2) is 59.5 Å². The molecule has 0 heterocycles. The molecule has 1 aliphatic rings. The first-order chi connectivity index (χ1) is 10.1. The van der Waals surface area contributed by atoms with Crippen molar-refractivity contribution in [3.05, 3.63) is 66.0 Å². The van der Waals surface area contributed by atoms with E-state index in [1.165, 1.54) is 36.4 Å². The third-order valence-electron chi connectivity index (χ3n) is 3.85. The van der Waals surface area contributed by atoms with Gasteiger partial charge in [0.1, 0.15) is 12.1 Å². The van der Waals surface area contributed by atoms with Crippen LogP contribution in [0.25, 0.3) is 0 Å². The summed E-state index contributed by atoms with van der Waals surface area (Å²) in [5.41, 5.74) is 0.679. The highest BCUT2D eigenvalue weighted by Gasteiger charge is 2.58. The summed E-state index contributed by atoms with van der Waals surface area (Å²) in [7, 11) is -3.56. The molecule has 0 amide bonds. The highest BCUT2D eigenvalue weighted by molar-refractivity contribution is 7.92. The lowest BCUT2D eigenvalue weighted by atomic mass is 10.1. The van der Waals surface area contributed by atoms with Crippen molar-refractivity contribution in [2.24, 2.45) is 5.92 Å². The number of hydrogen-bond acceptors (Lipinski definition) is 3. The molecule has 3 atom stereocenters. The maximum Gasteiger partial charge on any atom is 0.182 e. The number of aldehydes is 1. The molecule has 21 heavy (non-hydrogen) atoms. The van der Waals surface area contributed by atoms with Crippen molar-refractivity contribution in [1.82, 2.24) is 0 Å². The summed E-state index contributed by atoms with van der Waals surface area (Å²) in [6.07, 6.45) is 0.680. The lowest BCUT2D eigenvalue weighted by Gasteiger charge is -2.03. The Morgan fingerprint density at radius 1 is 0.952 bits per heavy atom. The van der Waals surface area contributed by atoms with Crippen LogP contribution in [0.2, 0.25) is 0 Å². The van der Waals surface area contributed by atoms with Crippen LogP contribution in [0.4, 0.5) is 4.39 Å². The molecule has 0 aromatic heterocycles. The average Bonchev–Trinajstić information content (AvgIpc) is 3.24. The molecular formula is C16H13FO3S. The summed E-state index contributed by atoms with van der Waals surface area (Å²) in [4.78, 5) is 11.4. The van der Waals surface area contributed by atoms with E-state index in [0.29, 0.717) is 11.8 Å². The topological polar surface area (TPSA) is 51.2 Å². The lowest BCUT2D eigenvalue weighted by molar-refractivity contribution is -0.108. The minimum absolute atomic E-state index is 0.214. The molecule has 0 aliphatic heterocycles. The average molecular weight is 304 g/mol. The molecule has 0 radical (unpaired) electrons. The van der Waals surface area contributed by atoms with Crippen molar-refractivity contribution < 1.29 is 17.6 Å². The van der Waals surface area contributed by atoms with Gasteiger partial charge in [-0.15, -0.1) is 0 Å². The summed E-state index contributed by atoms with van der Waals surface area (Å²) in [5, 5.41) is -0.761. The summed E-state index contributed by atoms with van der Waals surface area (Å²) in [6, 6.07) is 13.7. The Labute approximate surface area is 122 Å². The zero-order valence-electron chi connectivity index (χ0n) is 11.0. The molecule has 0 N–H and O–H groups in total. The van der Waals surface area contributed by atoms with Gasteiger partial charge in [-0.3, -0.25) is 0 Å². The summed E-state index contributed by atoms with van der Waals surface area (Å²) < 4.78 is 38.1. The minimum Gasteiger partial charge on any atom is -0.303 e. The highest BCUT2D eigenvalue weighted by Crippen LogP contribution is 2.52. The molecule has 5 heteroatoms. The first kappa shape index (κ1) is 13.9. The molecule has 3 rings (SSSR count). The van der Waals surface area contributed by atoms with Crippen molar-refractivity contribution in [1.29, 1.82) is 0 Å². The van der Waals surface area contributed by atoms with Crippen LogP contribution < -0.4 is 0 Å². The van der Waals surface area contributed by atoms with Crippen molar-refractivity contribution >= 4 is 16.1 Å². The van der Waals surface area contributed by atoms with Gasteiger partial charge in [-0.1, -0.05) is 30.3 Å². The lowest BCUT2D eigenvalue weighted by Crippen LogP contribution is -2.10. The van der Waals surface area contributed by atoms with E-state index in [9.17, 15) is 17.6 Å². The Morgan fingerprint density at radius 2 is 1.57 bits per heavy atom. The molecule has 1 fully saturated rings. The van der Waals surface area contributed by atoms with Crippen LogP contribution in [0.3, 0.4) is 0 Å². The number of benzene rings is 2. The number of hydrogen-bond donors (Lipinski definition) is 0. The molecule has 0 saturated heterocycles. The largest absolute Gasteiger partial charge is 0.303 e. The maximum absolute atomic E-state index is 13.0. The second-order valence-electron chi connectivity index (χ2n) is 5.11. The number of sulfone groups is 1. The Balaban J connectivity index is 1.96. The fourth-order valence-corrected chi connectivity index (χ4v) is 4.86. The van der Waals surface area contributed by atoms with Crippen LogP contribution in [0, 0.1) is 11.7 Å². The van der Waals surface area contributed by atoms with E-state index in [2.05, 4.69) is 0 Å². The summed E-state index contributed by atoms with van der Waals surface area (Å²) >= 11 is 0. The molecule has 3 nitrogen and oxygen atoms in total. The smallest absolute Gasteiger partial charge is 0.182 e. The van der Waals surface area contributed by atoms with Crippen LogP contribution in [0.5, 0.6) is 0 Å². The van der Waals surface area contributed by atoms with E-state index in [4.69, 9.17) is 0 Å². The number of carbonyl (C=O) groups is 1. The first-order valence-electron chi connectivity index (χ1n) is 6.55. The number of halogens is 1. The molecule has 0 unspecified atom stereocenters. The van der Waals surface area contributed by atoms with E-state index < -0.39 is 26.9 Å². The van der Waals surface area contributed by atoms with Gasteiger partial charge in [0, 0.05) is 11.8 Å². The molecule has 0 bridgehead atoms. The van der Waals surface area contributed by atoms with E-state index >= 15 is 0 Å². The standard InChI is InChI=1S/C16H13FO3S/c17-12-8-6-11(7-9-12)15-14(10-18)16(15)21(19,20)13-4-2-1-3-5-13/h1-10,14-16H/t14-,15+,16-/m1/s1. The fraction of sp³-hybridized carbons (Fsp3) is 0.188. The van der Waals surface area contributed by atoms with E-state index in [1.807, 2.05) is 0 Å². The van der Waals surface area contributed by atoms with Gasteiger partial charge in [0.05, 0.1) is 10.1 Å². The van der Waals surface area contributed by atoms with E-state index in [0.717, 1.165) is 0 Å². The van der Waals surface area contributed by atoms with Crippen LogP contribution >= 0.6 is 0 Å². The molecule has 108 valence electrons. The zero-order valence-corrected chi connectivity index (χ0v) is 11.8. The van der Waals surface area contributed by atoms with Crippen molar-refractivity contribution in [3.63, 3.8) is 0 Å². The Morgan fingerprint density at radius 3 is 2.14 bits per heavy atom. The quantitative estimate of drug-likeness (QED) is 0.816. The van der Waals surface area contributed by atoms with E-state index in [1.54, 1.807) is 18.2 Å². The third kappa shape index (κ3) is 2.38. The molecule has 2 aromatic rings. The maximum atomic E-state index is 13.0. The predicted octanol–water partition coefficient (Wildman–Crippen LogP) is 2.58. The SMILES string of the molecule is O=C[C@@H]1[C@H](c2ccc(F)cc2)[C@@H]1S(=O)(=O)c1ccccc1. The van der Waals surface area contributed by atoms with Gasteiger partial charge in [0.15, 0.2) is 9.84 Å². The van der Waals surface area contributed by atoms with Crippen molar-refractivity contribution in [3.8, 4) is 0 Å². The van der Waals surface area contributed by atoms with Crippen molar-refractivity contribution in [2.45, 2.75) is 16.1 Å². The molecule has 2 aromatic carbocycles. The van der Waals surface area contributed by atoms with Crippen LogP contribution in [-0.4, -0.2) is 20.0 Å². The fourth-order valence-electron chi connectivity index (χ4n) is 2.73. The second-order valence-corrected chi connectivity index (χ2v) is 7.22. The highest BCUT2D eigenvalue weighted by atomic mass is 32.2. The zero-order chi connectivity index (χ0) is 15.0. The molecular weight excluding hydrogens is 291 g/mol. The number of carbonyl (C=O) groups excluding carboxylic acids is 1. The third-order valence-corrected chi connectivity index (χ3v) is 6.10. The van der Waals surface area contributed by atoms with Crippen LogP contribution in [-0.2, 0) is 14.6 Å². The monoisotopic (exact) mass is 304 g/mol. The second kappa shape index (κ2) is 5.07. The van der Waals surface area contributed by atoms with Gasteiger partial charge in [0.2, 0.25) is 0 Å². The molecule has 1 aliphatic carbocycles. The summed E-state index contributed by atoms with van der Waals surface area (Å²) in [5.74, 6) is -1.35. The van der Waals surface area contributed by atoms with Gasteiger partial charge in [-0.05, 0) is 29.8 Å². The molecule has 0 spiro atoms. The Hall–Kier alpha value is -2.01. The predicted molar refractivity (Wildman–Crippen MR) is 76.1 cm³/mol. The molecule has 1 saturated carbocycles. The normalized spacial score (nSPS) is 24.5. The first-order valence-corrected chi connectivity index (χ1v) is 8.10. The Kier molecular flexibility index (Phi) is 3.37. The van der Waals surface area contributed by atoms with Gasteiger partial charge in [-0.25, -0.2) is 12.8 Å². The van der Waals surface area contributed by atoms with Gasteiger partial charge in [-0.2, -0.15) is 0 Å². The van der Waals surface area contributed by atoms with Gasteiger partial charge < -0.3 is 4.79 Å². The Bertz CT molecular complexity index is 754. The van der Waals surface area contributed by atoms with Gasteiger partial charge in [0.25, 0.3) is 0 Å². The van der Waals surface area contributed by atoms with Gasteiger partial charge >= 0.3 is 0 Å². The number of rotatable bonds is 4. The van der Waals surface area contributed by atoms with Crippen molar-refractivity contribution in [2.75, 3.05) is 0 Å². The summed E-state index contributed by atoms with van der Waals surface area (Å²) in [6.45, 7) is 0. The van der Waals surface area contributed by atoms with Crippen LogP contribution in [0.1, 0.15) is 11.5 Å². The minimum atomic E-state index is -3.56.